The van der Waals surface area contributed by atoms with Gasteiger partial charge in [-0.25, -0.2) is 4.79 Å². The summed E-state index contributed by atoms with van der Waals surface area (Å²) < 4.78 is 9.90. The Morgan fingerprint density at radius 3 is 2.44 bits per heavy atom. The Labute approximate surface area is 95.6 Å². The molecule has 0 heterocycles. The van der Waals surface area contributed by atoms with Crippen LogP contribution in [0.4, 0.5) is 0 Å². The number of carbonyl (C=O) groups is 2. The highest BCUT2D eigenvalue weighted by Gasteiger charge is 2.35. The summed E-state index contributed by atoms with van der Waals surface area (Å²) >= 11 is 0. The van der Waals surface area contributed by atoms with Gasteiger partial charge in [-0.1, -0.05) is 5.57 Å². The number of allylic oxidation sites excluding steroid dienone is 1. The summed E-state index contributed by atoms with van der Waals surface area (Å²) in [6, 6.07) is 0. The molecule has 0 amide bonds. The molecule has 4 nitrogen and oxygen atoms in total. The van der Waals surface area contributed by atoms with Crippen molar-refractivity contribution in [3.8, 4) is 0 Å². The Hall–Kier alpha value is -1.32. The van der Waals surface area contributed by atoms with Crippen LogP contribution in [0, 0.1) is 5.92 Å². The highest BCUT2D eigenvalue weighted by molar-refractivity contribution is 5.97. The van der Waals surface area contributed by atoms with Crippen molar-refractivity contribution in [1.82, 2.24) is 0 Å². The van der Waals surface area contributed by atoms with Crippen LogP contribution in [-0.2, 0) is 19.1 Å². The molecule has 0 saturated heterocycles. The zero-order chi connectivity index (χ0) is 12.1. The van der Waals surface area contributed by atoms with E-state index in [9.17, 15) is 9.59 Å². The molecule has 16 heavy (non-hydrogen) atoms. The van der Waals surface area contributed by atoms with Crippen LogP contribution in [0.25, 0.3) is 0 Å². The summed E-state index contributed by atoms with van der Waals surface area (Å²) in [5, 5.41) is 0. The van der Waals surface area contributed by atoms with E-state index in [-0.39, 0.29) is 11.9 Å². The number of hydrogen-bond donors (Lipinski definition) is 0. The molecule has 0 spiro atoms. The summed E-state index contributed by atoms with van der Waals surface area (Å²) in [6.45, 7) is 6.04. The van der Waals surface area contributed by atoms with Gasteiger partial charge in [0.2, 0.25) is 0 Å². The maximum absolute atomic E-state index is 11.7. The molecule has 0 aromatic rings. The van der Waals surface area contributed by atoms with Crippen LogP contribution >= 0.6 is 0 Å². The SMILES string of the molecule is CCOC(=O)C1=C(C)CCC1C(=O)OCC. The van der Waals surface area contributed by atoms with E-state index in [0.717, 1.165) is 12.0 Å². The highest BCUT2D eigenvalue weighted by atomic mass is 16.5. The van der Waals surface area contributed by atoms with Crippen molar-refractivity contribution in [2.75, 3.05) is 13.2 Å². The second kappa shape index (κ2) is 5.68. The third-order valence-corrected chi connectivity index (χ3v) is 2.68. The molecule has 1 aliphatic carbocycles. The third-order valence-electron chi connectivity index (χ3n) is 2.68. The van der Waals surface area contributed by atoms with Gasteiger partial charge in [-0.2, -0.15) is 0 Å². The molecule has 0 saturated carbocycles. The predicted octanol–water partition coefficient (Wildman–Crippen LogP) is 1.84. The Balaban J connectivity index is 2.81. The monoisotopic (exact) mass is 226 g/mol. The van der Waals surface area contributed by atoms with Crippen LogP contribution in [0.1, 0.15) is 33.6 Å². The first-order chi connectivity index (χ1) is 7.61. The van der Waals surface area contributed by atoms with E-state index in [2.05, 4.69) is 0 Å². The molecule has 0 fully saturated rings. The molecular weight excluding hydrogens is 208 g/mol. The molecular formula is C12H18O4. The lowest BCUT2D eigenvalue weighted by Gasteiger charge is -2.12. The molecule has 4 heteroatoms. The fourth-order valence-electron chi connectivity index (χ4n) is 1.94. The van der Waals surface area contributed by atoms with Crippen LogP contribution in [0.3, 0.4) is 0 Å². The summed E-state index contributed by atoms with van der Waals surface area (Å²) in [5.74, 6) is -1.13. The highest BCUT2D eigenvalue weighted by Crippen LogP contribution is 2.33. The van der Waals surface area contributed by atoms with Gasteiger partial charge >= 0.3 is 11.9 Å². The van der Waals surface area contributed by atoms with Crippen LogP contribution in [-0.4, -0.2) is 25.2 Å². The zero-order valence-corrected chi connectivity index (χ0v) is 10.0. The first-order valence-electron chi connectivity index (χ1n) is 5.65. The van der Waals surface area contributed by atoms with E-state index >= 15 is 0 Å². The second-order valence-electron chi connectivity index (χ2n) is 3.76. The molecule has 1 rings (SSSR count). The molecule has 1 aliphatic rings. The molecule has 0 aromatic heterocycles. The van der Waals surface area contributed by atoms with Crippen molar-refractivity contribution >= 4 is 11.9 Å². The Morgan fingerprint density at radius 2 is 1.88 bits per heavy atom. The van der Waals surface area contributed by atoms with Gasteiger partial charge in [0.1, 0.15) is 0 Å². The first kappa shape index (κ1) is 12.7. The molecule has 90 valence electrons. The van der Waals surface area contributed by atoms with Gasteiger partial charge in [-0.15, -0.1) is 0 Å². The fourth-order valence-corrected chi connectivity index (χ4v) is 1.94. The average molecular weight is 226 g/mol. The topological polar surface area (TPSA) is 52.6 Å². The lowest BCUT2D eigenvalue weighted by Crippen LogP contribution is -2.23. The Bertz CT molecular complexity index is 317. The molecule has 0 N–H and O–H groups in total. The minimum absolute atomic E-state index is 0.317. The van der Waals surface area contributed by atoms with E-state index in [4.69, 9.17) is 9.47 Å². The van der Waals surface area contributed by atoms with E-state index < -0.39 is 5.92 Å². The molecule has 1 unspecified atom stereocenters. The minimum atomic E-state index is -0.431. The lowest BCUT2D eigenvalue weighted by atomic mass is 10.0. The number of carbonyl (C=O) groups excluding carboxylic acids is 2. The smallest absolute Gasteiger partial charge is 0.334 e. The van der Waals surface area contributed by atoms with Crippen molar-refractivity contribution in [3.05, 3.63) is 11.1 Å². The van der Waals surface area contributed by atoms with Crippen molar-refractivity contribution in [3.63, 3.8) is 0 Å². The second-order valence-corrected chi connectivity index (χ2v) is 3.76. The van der Waals surface area contributed by atoms with E-state index in [1.54, 1.807) is 13.8 Å². The van der Waals surface area contributed by atoms with Crippen molar-refractivity contribution in [2.45, 2.75) is 33.6 Å². The third kappa shape index (κ3) is 2.62. The van der Waals surface area contributed by atoms with Gasteiger partial charge in [-0.05, 0) is 33.6 Å². The fraction of sp³-hybridized carbons (Fsp3) is 0.667. The quantitative estimate of drug-likeness (QED) is 0.686. The summed E-state index contributed by atoms with van der Waals surface area (Å²) in [5.41, 5.74) is 1.44. The maximum atomic E-state index is 11.7. The lowest BCUT2D eigenvalue weighted by molar-refractivity contribution is -0.149. The van der Waals surface area contributed by atoms with E-state index in [1.807, 2.05) is 6.92 Å². The average Bonchev–Trinajstić information content (AvgIpc) is 2.61. The molecule has 1 atom stereocenters. The maximum Gasteiger partial charge on any atom is 0.334 e. The summed E-state index contributed by atoms with van der Waals surface area (Å²) in [7, 11) is 0. The Kier molecular flexibility index (Phi) is 4.52. The first-order valence-corrected chi connectivity index (χ1v) is 5.65. The van der Waals surface area contributed by atoms with Crippen LogP contribution in [0.5, 0.6) is 0 Å². The minimum Gasteiger partial charge on any atom is -0.466 e. The number of rotatable bonds is 4. The molecule has 0 aromatic carbocycles. The standard InChI is InChI=1S/C12H18O4/c1-4-15-11(13)9-7-6-8(3)10(9)12(14)16-5-2/h9H,4-7H2,1-3H3. The molecule has 0 radical (unpaired) electrons. The predicted molar refractivity (Wildman–Crippen MR) is 58.7 cm³/mol. The van der Waals surface area contributed by atoms with Crippen molar-refractivity contribution in [1.29, 1.82) is 0 Å². The van der Waals surface area contributed by atoms with Gasteiger partial charge in [0.05, 0.1) is 24.7 Å². The van der Waals surface area contributed by atoms with Crippen molar-refractivity contribution in [2.24, 2.45) is 5.92 Å². The van der Waals surface area contributed by atoms with Crippen LogP contribution in [0.15, 0.2) is 11.1 Å². The number of esters is 2. The van der Waals surface area contributed by atoms with Gasteiger partial charge < -0.3 is 9.47 Å². The Morgan fingerprint density at radius 1 is 1.25 bits per heavy atom. The summed E-state index contributed by atoms with van der Waals surface area (Å²) in [4.78, 5) is 23.3. The van der Waals surface area contributed by atoms with E-state index in [1.165, 1.54) is 0 Å². The molecule has 0 bridgehead atoms. The number of ether oxygens (including phenoxy) is 2. The normalized spacial score (nSPS) is 19.8. The van der Waals surface area contributed by atoms with Crippen LogP contribution in [0.2, 0.25) is 0 Å². The van der Waals surface area contributed by atoms with Crippen molar-refractivity contribution < 1.29 is 19.1 Å². The largest absolute Gasteiger partial charge is 0.466 e. The number of hydrogen-bond acceptors (Lipinski definition) is 4. The zero-order valence-electron chi connectivity index (χ0n) is 10.0. The van der Waals surface area contributed by atoms with Gasteiger partial charge in [0.25, 0.3) is 0 Å². The van der Waals surface area contributed by atoms with Gasteiger partial charge in [-0.3, -0.25) is 4.79 Å². The van der Waals surface area contributed by atoms with Gasteiger partial charge in [0.15, 0.2) is 0 Å². The van der Waals surface area contributed by atoms with E-state index in [0.29, 0.717) is 25.2 Å². The summed E-state index contributed by atoms with van der Waals surface area (Å²) in [6.07, 6.45) is 1.41. The van der Waals surface area contributed by atoms with Gasteiger partial charge in [0, 0.05) is 0 Å². The van der Waals surface area contributed by atoms with Crippen LogP contribution < -0.4 is 0 Å². The molecule has 0 aliphatic heterocycles.